The summed E-state index contributed by atoms with van der Waals surface area (Å²) in [6.45, 7) is 10.0. The number of hydrogen-bond donors (Lipinski definition) is 2. The topological polar surface area (TPSA) is 64.1 Å². The molecule has 0 spiro atoms. The van der Waals surface area contributed by atoms with Gasteiger partial charge in [-0.3, -0.25) is 4.99 Å². The van der Waals surface area contributed by atoms with Gasteiger partial charge in [-0.15, -0.1) is 0 Å². The first-order valence-corrected chi connectivity index (χ1v) is 11.2. The van der Waals surface area contributed by atoms with Gasteiger partial charge in [0.25, 0.3) is 0 Å². The standard InChI is InChI=1S/C21H41N3O3/c1-3-22-21(23-13-7-15-27-19-11-16-25-17-12-19)24-14-10-20(26-4-2)18-8-5-6-9-18/h18-20H,3-17H2,1-2H3,(H2,22,23,24). The number of nitrogens with one attached hydrogen (secondary N) is 2. The minimum Gasteiger partial charge on any atom is -0.381 e. The van der Waals surface area contributed by atoms with Gasteiger partial charge in [0.1, 0.15) is 0 Å². The average Bonchev–Trinajstić information content (AvgIpc) is 3.22. The van der Waals surface area contributed by atoms with Crippen LogP contribution >= 0.6 is 0 Å². The summed E-state index contributed by atoms with van der Waals surface area (Å²) in [5, 5.41) is 6.81. The highest BCUT2D eigenvalue weighted by Gasteiger charge is 2.25. The van der Waals surface area contributed by atoms with Crippen LogP contribution in [0, 0.1) is 5.92 Å². The van der Waals surface area contributed by atoms with Crippen molar-refractivity contribution in [2.24, 2.45) is 10.9 Å². The van der Waals surface area contributed by atoms with Crippen LogP contribution in [0.4, 0.5) is 0 Å². The molecule has 1 saturated heterocycles. The maximum absolute atomic E-state index is 6.01. The lowest BCUT2D eigenvalue weighted by Gasteiger charge is -2.24. The first kappa shape index (κ1) is 22.4. The number of nitrogens with zero attached hydrogens (tertiary/aromatic N) is 1. The monoisotopic (exact) mass is 383 g/mol. The van der Waals surface area contributed by atoms with E-state index in [4.69, 9.17) is 14.2 Å². The van der Waals surface area contributed by atoms with E-state index in [-0.39, 0.29) is 0 Å². The molecule has 0 amide bonds. The molecule has 0 aromatic heterocycles. The number of aliphatic imine (C=N–C) groups is 1. The summed E-state index contributed by atoms with van der Waals surface area (Å²) in [4.78, 5) is 4.69. The minimum atomic E-state index is 0.375. The Morgan fingerprint density at radius 2 is 1.89 bits per heavy atom. The van der Waals surface area contributed by atoms with Crippen molar-refractivity contribution < 1.29 is 14.2 Å². The van der Waals surface area contributed by atoms with E-state index < -0.39 is 0 Å². The molecule has 6 heteroatoms. The van der Waals surface area contributed by atoms with Gasteiger partial charge in [0.2, 0.25) is 0 Å². The summed E-state index contributed by atoms with van der Waals surface area (Å²) in [6.07, 6.45) is 10.2. The van der Waals surface area contributed by atoms with Gasteiger partial charge in [-0.2, -0.15) is 0 Å². The Morgan fingerprint density at radius 1 is 1.11 bits per heavy atom. The molecule has 0 bridgehead atoms. The second kappa shape index (κ2) is 14.2. The van der Waals surface area contributed by atoms with Crippen LogP contribution in [0.25, 0.3) is 0 Å². The maximum Gasteiger partial charge on any atom is 0.191 e. The summed E-state index contributed by atoms with van der Waals surface area (Å²) in [5.74, 6) is 1.65. The summed E-state index contributed by atoms with van der Waals surface area (Å²) >= 11 is 0. The number of ether oxygens (including phenoxy) is 3. The highest BCUT2D eigenvalue weighted by atomic mass is 16.5. The molecule has 0 radical (unpaired) electrons. The molecule has 1 heterocycles. The Kier molecular flexibility index (Phi) is 11.8. The van der Waals surface area contributed by atoms with Crippen LogP contribution < -0.4 is 10.6 Å². The Labute approximate surface area is 165 Å². The molecule has 2 aliphatic rings. The highest BCUT2D eigenvalue weighted by molar-refractivity contribution is 5.79. The molecule has 27 heavy (non-hydrogen) atoms. The van der Waals surface area contributed by atoms with E-state index in [0.717, 1.165) is 83.6 Å². The summed E-state index contributed by atoms with van der Waals surface area (Å²) in [5.41, 5.74) is 0. The van der Waals surface area contributed by atoms with E-state index in [0.29, 0.717) is 12.2 Å². The first-order chi connectivity index (χ1) is 13.3. The van der Waals surface area contributed by atoms with E-state index in [1.54, 1.807) is 0 Å². The maximum atomic E-state index is 6.01. The van der Waals surface area contributed by atoms with Crippen LogP contribution in [0.2, 0.25) is 0 Å². The second-order valence-corrected chi connectivity index (χ2v) is 7.55. The molecule has 1 aliphatic heterocycles. The molecule has 1 unspecified atom stereocenters. The summed E-state index contributed by atoms with van der Waals surface area (Å²) in [6, 6.07) is 0. The van der Waals surface area contributed by atoms with Crippen molar-refractivity contribution in [1.29, 1.82) is 0 Å². The van der Waals surface area contributed by atoms with Crippen LogP contribution in [-0.4, -0.2) is 64.2 Å². The van der Waals surface area contributed by atoms with Crippen molar-refractivity contribution in [3.63, 3.8) is 0 Å². The van der Waals surface area contributed by atoms with Crippen LogP contribution in [0.1, 0.15) is 65.2 Å². The molecule has 2 N–H and O–H groups in total. The molecule has 0 aromatic rings. The van der Waals surface area contributed by atoms with Crippen molar-refractivity contribution in [3.05, 3.63) is 0 Å². The molecule has 6 nitrogen and oxygen atoms in total. The third kappa shape index (κ3) is 9.26. The lowest BCUT2D eigenvalue weighted by Crippen LogP contribution is -2.39. The number of hydrogen-bond acceptors (Lipinski definition) is 4. The van der Waals surface area contributed by atoms with Crippen LogP contribution in [-0.2, 0) is 14.2 Å². The predicted molar refractivity (Wildman–Crippen MR) is 110 cm³/mol. The Balaban J connectivity index is 1.62. The third-order valence-electron chi connectivity index (χ3n) is 5.47. The SMILES string of the molecule is CCNC(=NCCCOC1CCOCC1)NCCC(OCC)C1CCCC1. The van der Waals surface area contributed by atoms with Crippen molar-refractivity contribution >= 4 is 5.96 Å². The van der Waals surface area contributed by atoms with Crippen LogP contribution in [0.15, 0.2) is 4.99 Å². The number of guanidine groups is 1. The molecule has 2 rings (SSSR count). The fourth-order valence-electron chi connectivity index (χ4n) is 4.02. The molecular weight excluding hydrogens is 342 g/mol. The van der Waals surface area contributed by atoms with Crippen molar-refractivity contribution in [2.45, 2.75) is 77.4 Å². The Hall–Kier alpha value is -0.850. The predicted octanol–water partition coefficient (Wildman–Crippen LogP) is 3.11. The quantitative estimate of drug-likeness (QED) is 0.308. The third-order valence-corrected chi connectivity index (χ3v) is 5.47. The smallest absolute Gasteiger partial charge is 0.191 e. The van der Waals surface area contributed by atoms with Gasteiger partial charge < -0.3 is 24.8 Å². The first-order valence-electron chi connectivity index (χ1n) is 11.2. The Bertz CT molecular complexity index is 394. The van der Waals surface area contributed by atoms with Gasteiger partial charge in [-0.1, -0.05) is 12.8 Å². The molecule has 158 valence electrons. The highest BCUT2D eigenvalue weighted by Crippen LogP contribution is 2.30. The summed E-state index contributed by atoms with van der Waals surface area (Å²) in [7, 11) is 0. The molecular formula is C21H41N3O3. The second-order valence-electron chi connectivity index (χ2n) is 7.55. The van der Waals surface area contributed by atoms with E-state index in [9.17, 15) is 0 Å². The van der Waals surface area contributed by atoms with E-state index in [1.165, 1.54) is 25.7 Å². The van der Waals surface area contributed by atoms with Gasteiger partial charge in [-0.25, -0.2) is 0 Å². The lowest BCUT2D eigenvalue weighted by atomic mass is 9.98. The lowest BCUT2D eigenvalue weighted by molar-refractivity contribution is -0.0318. The van der Waals surface area contributed by atoms with E-state index >= 15 is 0 Å². The van der Waals surface area contributed by atoms with E-state index in [2.05, 4.69) is 29.5 Å². The molecule has 0 aromatic carbocycles. The van der Waals surface area contributed by atoms with Crippen molar-refractivity contribution in [2.75, 3.05) is 46.1 Å². The minimum absolute atomic E-state index is 0.375. The largest absolute Gasteiger partial charge is 0.381 e. The van der Waals surface area contributed by atoms with Crippen molar-refractivity contribution in [3.8, 4) is 0 Å². The zero-order chi connectivity index (χ0) is 19.2. The number of rotatable bonds is 12. The normalized spacial score (nSPS) is 20.7. The molecule has 1 aliphatic carbocycles. The van der Waals surface area contributed by atoms with Gasteiger partial charge in [0.15, 0.2) is 5.96 Å². The van der Waals surface area contributed by atoms with Gasteiger partial charge in [0.05, 0.1) is 12.2 Å². The molecule has 1 saturated carbocycles. The zero-order valence-electron chi connectivity index (χ0n) is 17.5. The van der Waals surface area contributed by atoms with Crippen LogP contribution in [0.5, 0.6) is 0 Å². The van der Waals surface area contributed by atoms with Gasteiger partial charge in [-0.05, 0) is 58.3 Å². The fourth-order valence-corrected chi connectivity index (χ4v) is 4.02. The summed E-state index contributed by atoms with van der Waals surface area (Å²) < 4.78 is 17.3. The van der Waals surface area contributed by atoms with Gasteiger partial charge >= 0.3 is 0 Å². The average molecular weight is 384 g/mol. The van der Waals surface area contributed by atoms with E-state index in [1.807, 2.05) is 0 Å². The van der Waals surface area contributed by atoms with Crippen molar-refractivity contribution in [1.82, 2.24) is 10.6 Å². The van der Waals surface area contributed by atoms with Gasteiger partial charge in [0, 0.05) is 46.1 Å². The zero-order valence-corrected chi connectivity index (χ0v) is 17.5. The van der Waals surface area contributed by atoms with Crippen LogP contribution in [0.3, 0.4) is 0 Å². The Morgan fingerprint density at radius 3 is 2.59 bits per heavy atom. The molecule has 2 fully saturated rings. The fraction of sp³-hybridized carbons (Fsp3) is 0.952. The molecule has 1 atom stereocenters.